The quantitative estimate of drug-likeness (QED) is 0.640. The molecular weight excluding hydrogens is 248 g/mol. The molecular formula is C10H13ClN2O4. The fraction of sp³-hybridized carbons (Fsp3) is 0.500. The van der Waals surface area contributed by atoms with Crippen molar-refractivity contribution in [3.05, 3.63) is 16.4 Å². The Kier molecular flexibility index (Phi) is 4.11. The first kappa shape index (κ1) is 13.5. The standard InChI is InChI=1S/C10H13ClN2O4/c1-5-8(11)7(13(2)12-5)4-6(9(14)15)10(16)17-3/h6H,4H2,1-3H3,(H,14,15). The van der Waals surface area contributed by atoms with Crippen molar-refractivity contribution in [1.29, 1.82) is 0 Å². The van der Waals surface area contributed by atoms with E-state index in [1.54, 1.807) is 14.0 Å². The largest absolute Gasteiger partial charge is 0.481 e. The molecule has 0 aliphatic heterocycles. The first-order valence-electron chi connectivity index (χ1n) is 4.87. The minimum absolute atomic E-state index is 0.0435. The Balaban J connectivity index is 3.02. The summed E-state index contributed by atoms with van der Waals surface area (Å²) in [6.45, 7) is 1.71. The van der Waals surface area contributed by atoms with Gasteiger partial charge in [0.1, 0.15) is 0 Å². The van der Waals surface area contributed by atoms with Crippen molar-refractivity contribution in [2.24, 2.45) is 13.0 Å². The van der Waals surface area contributed by atoms with Gasteiger partial charge in [0.05, 0.1) is 23.5 Å². The maximum Gasteiger partial charge on any atom is 0.320 e. The zero-order valence-electron chi connectivity index (χ0n) is 9.73. The zero-order chi connectivity index (χ0) is 13.2. The molecule has 1 aromatic rings. The number of aliphatic carboxylic acids is 1. The molecule has 0 spiro atoms. The number of esters is 1. The highest BCUT2D eigenvalue weighted by Crippen LogP contribution is 2.22. The van der Waals surface area contributed by atoms with Gasteiger partial charge in [0.25, 0.3) is 0 Å². The molecule has 0 fully saturated rings. The summed E-state index contributed by atoms with van der Waals surface area (Å²) in [5.41, 5.74) is 1.10. The van der Waals surface area contributed by atoms with Crippen LogP contribution in [0.25, 0.3) is 0 Å². The minimum Gasteiger partial charge on any atom is -0.481 e. The van der Waals surface area contributed by atoms with Crippen LogP contribution in [0, 0.1) is 12.8 Å². The van der Waals surface area contributed by atoms with Crippen LogP contribution in [-0.2, 0) is 27.8 Å². The molecule has 0 aliphatic carbocycles. The van der Waals surface area contributed by atoms with Crippen molar-refractivity contribution in [3.8, 4) is 0 Å². The Bertz CT molecular complexity index is 455. The van der Waals surface area contributed by atoms with Gasteiger partial charge in [-0.25, -0.2) is 0 Å². The van der Waals surface area contributed by atoms with Crippen LogP contribution in [0.15, 0.2) is 0 Å². The number of carbonyl (C=O) groups excluding carboxylic acids is 1. The lowest BCUT2D eigenvalue weighted by Gasteiger charge is -2.10. The summed E-state index contributed by atoms with van der Waals surface area (Å²) >= 11 is 5.98. The van der Waals surface area contributed by atoms with E-state index in [1.165, 1.54) is 4.68 Å². The monoisotopic (exact) mass is 260 g/mol. The van der Waals surface area contributed by atoms with Crippen LogP contribution < -0.4 is 0 Å². The highest BCUT2D eigenvalue weighted by Gasteiger charge is 2.30. The van der Waals surface area contributed by atoms with E-state index in [0.29, 0.717) is 16.4 Å². The summed E-state index contributed by atoms with van der Waals surface area (Å²) in [7, 11) is 2.79. The van der Waals surface area contributed by atoms with E-state index in [1.807, 2.05) is 0 Å². The van der Waals surface area contributed by atoms with Crippen LogP contribution in [-0.4, -0.2) is 33.9 Å². The minimum atomic E-state index is -1.27. The molecule has 0 bridgehead atoms. The normalized spacial score (nSPS) is 12.2. The molecule has 1 aromatic heterocycles. The summed E-state index contributed by atoms with van der Waals surface area (Å²) in [4.78, 5) is 22.3. The first-order chi connectivity index (χ1) is 7.88. The van der Waals surface area contributed by atoms with E-state index < -0.39 is 17.9 Å². The highest BCUT2D eigenvalue weighted by atomic mass is 35.5. The number of carbonyl (C=O) groups is 2. The van der Waals surface area contributed by atoms with Crippen molar-refractivity contribution in [2.75, 3.05) is 7.11 Å². The molecule has 0 aliphatic rings. The van der Waals surface area contributed by atoms with Crippen molar-refractivity contribution < 1.29 is 19.4 Å². The molecule has 0 amide bonds. The van der Waals surface area contributed by atoms with Crippen LogP contribution in [0.2, 0.25) is 5.02 Å². The third-order valence-electron chi connectivity index (χ3n) is 2.44. The Morgan fingerprint density at radius 1 is 1.59 bits per heavy atom. The number of rotatable bonds is 4. The molecule has 1 unspecified atom stereocenters. The van der Waals surface area contributed by atoms with Gasteiger partial charge in [0.2, 0.25) is 0 Å². The van der Waals surface area contributed by atoms with E-state index in [2.05, 4.69) is 9.84 Å². The molecule has 1 atom stereocenters. The van der Waals surface area contributed by atoms with Gasteiger partial charge in [-0.15, -0.1) is 0 Å². The number of carboxylic acid groups (broad SMARTS) is 1. The second-order valence-corrected chi connectivity index (χ2v) is 3.97. The highest BCUT2D eigenvalue weighted by molar-refractivity contribution is 6.31. The predicted molar refractivity (Wildman–Crippen MR) is 59.8 cm³/mol. The predicted octanol–water partition coefficient (Wildman–Crippen LogP) is 0.798. The molecule has 1 rings (SSSR count). The number of halogens is 1. The lowest BCUT2D eigenvalue weighted by molar-refractivity contribution is -0.156. The summed E-state index contributed by atoms with van der Waals surface area (Å²) < 4.78 is 5.91. The van der Waals surface area contributed by atoms with Crippen LogP contribution in [0.1, 0.15) is 11.4 Å². The van der Waals surface area contributed by atoms with Gasteiger partial charge in [-0.3, -0.25) is 14.3 Å². The van der Waals surface area contributed by atoms with Crippen LogP contribution in [0.5, 0.6) is 0 Å². The topological polar surface area (TPSA) is 81.4 Å². The van der Waals surface area contributed by atoms with Crippen molar-refractivity contribution in [3.63, 3.8) is 0 Å². The average molecular weight is 261 g/mol. The van der Waals surface area contributed by atoms with Crippen LogP contribution >= 0.6 is 11.6 Å². The molecule has 0 radical (unpaired) electrons. The third-order valence-corrected chi connectivity index (χ3v) is 2.93. The van der Waals surface area contributed by atoms with Gasteiger partial charge in [-0.2, -0.15) is 5.10 Å². The van der Waals surface area contributed by atoms with Gasteiger partial charge in [-0.1, -0.05) is 11.6 Å². The molecule has 7 heteroatoms. The first-order valence-corrected chi connectivity index (χ1v) is 5.24. The molecule has 1 heterocycles. The Morgan fingerprint density at radius 3 is 2.53 bits per heavy atom. The molecule has 1 N–H and O–H groups in total. The molecule has 94 valence electrons. The van der Waals surface area contributed by atoms with E-state index in [9.17, 15) is 9.59 Å². The molecule has 17 heavy (non-hydrogen) atoms. The fourth-order valence-electron chi connectivity index (χ4n) is 1.51. The number of methoxy groups -OCH3 is 1. The second-order valence-electron chi connectivity index (χ2n) is 3.59. The third kappa shape index (κ3) is 2.76. The van der Waals surface area contributed by atoms with Crippen LogP contribution in [0.4, 0.5) is 0 Å². The summed E-state index contributed by atoms with van der Waals surface area (Å²) in [5.74, 6) is -3.31. The number of hydrogen-bond donors (Lipinski definition) is 1. The Morgan fingerprint density at radius 2 is 2.18 bits per heavy atom. The number of aromatic nitrogens is 2. The lowest BCUT2D eigenvalue weighted by atomic mass is 10.0. The summed E-state index contributed by atoms with van der Waals surface area (Å²) in [6.07, 6.45) is -0.0435. The molecule has 0 saturated carbocycles. The van der Waals surface area contributed by atoms with E-state index in [-0.39, 0.29) is 6.42 Å². The zero-order valence-corrected chi connectivity index (χ0v) is 10.5. The van der Waals surface area contributed by atoms with E-state index >= 15 is 0 Å². The van der Waals surface area contributed by atoms with Gasteiger partial charge >= 0.3 is 11.9 Å². The summed E-state index contributed by atoms with van der Waals surface area (Å²) in [5, 5.41) is 13.4. The average Bonchev–Trinajstić information content (AvgIpc) is 2.49. The number of aryl methyl sites for hydroxylation is 2. The Hall–Kier alpha value is -1.56. The van der Waals surface area contributed by atoms with Crippen molar-refractivity contribution >= 4 is 23.5 Å². The maximum absolute atomic E-state index is 11.3. The van der Waals surface area contributed by atoms with Crippen molar-refractivity contribution in [2.45, 2.75) is 13.3 Å². The van der Waals surface area contributed by atoms with Gasteiger partial charge in [0.15, 0.2) is 5.92 Å². The smallest absolute Gasteiger partial charge is 0.320 e. The number of nitrogens with zero attached hydrogens (tertiary/aromatic N) is 2. The fourth-order valence-corrected chi connectivity index (χ4v) is 1.75. The van der Waals surface area contributed by atoms with E-state index in [4.69, 9.17) is 16.7 Å². The van der Waals surface area contributed by atoms with Crippen LogP contribution in [0.3, 0.4) is 0 Å². The molecule has 6 nitrogen and oxygen atoms in total. The van der Waals surface area contributed by atoms with Crippen molar-refractivity contribution in [1.82, 2.24) is 9.78 Å². The number of ether oxygens (including phenoxy) is 1. The lowest BCUT2D eigenvalue weighted by Crippen LogP contribution is -2.28. The van der Waals surface area contributed by atoms with Gasteiger partial charge in [0, 0.05) is 13.5 Å². The SMILES string of the molecule is COC(=O)C(Cc1c(Cl)c(C)nn1C)C(=O)O. The molecule has 0 aromatic carbocycles. The maximum atomic E-state index is 11.3. The summed E-state index contributed by atoms with van der Waals surface area (Å²) in [6, 6.07) is 0. The van der Waals surface area contributed by atoms with Gasteiger partial charge in [-0.05, 0) is 6.92 Å². The molecule has 0 saturated heterocycles. The van der Waals surface area contributed by atoms with Gasteiger partial charge < -0.3 is 9.84 Å². The number of hydrogen-bond acceptors (Lipinski definition) is 4. The van der Waals surface area contributed by atoms with E-state index in [0.717, 1.165) is 7.11 Å². The number of carboxylic acids is 1. The second kappa shape index (κ2) is 5.18. The Labute approximate surface area is 103 Å².